The van der Waals surface area contributed by atoms with Crippen LogP contribution in [0.5, 0.6) is 0 Å². The number of amides is 2. The average Bonchev–Trinajstić information content (AvgIpc) is 2.51. The third-order valence-electron chi connectivity index (χ3n) is 4.45. The van der Waals surface area contributed by atoms with Crippen LogP contribution in [0, 0.1) is 11.2 Å². The lowest BCUT2D eigenvalue weighted by atomic mass is 9.84. The largest absolute Gasteiger partial charge is 0.465 e. The van der Waals surface area contributed by atoms with Crippen molar-refractivity contribution >= 4 is 12.0 Å². The summed E-state index contributed by atoms with van der Waals surface area (Å²) in [7, 11) is 0. The highest BCUT2D eigenvalue weighted by molar-refractivity contribution is 5.95. The zero-order valence-corrected chi connectivity index (χ0v) is 14.6. The number of carbonyl (C=O) groups excluding carboxylic acids is 1. The molecule has 144 valence electrons. The Morgan fingerprint density at radius 3 is 2.27 bits per heavy atom. The lowest BCUT2D eigenvalue weighted by Gasteiger charge is -2.46. The molecule has 1 aromatic carbocycles. The van der Waals surface area contributed by atoms with Crippen LogP contribution in [0.1, 0.15) is 36.7 Å². The monoisotopic (exact) mass is 376 g/mol. The first-order chi connectivity index (χ1) is 11.8. The summed E-state index contributed by atoms with van der Waals surface area (Å²) in [4.78, 5) is 26.4. The molecule has 9 heteroatoms. The Morgan fingerprint density at radius 2 is 1.77 bits per heavy atom. The Labute approximate surface area is 148 Å². The highest BCUT2D eigenvalue weighted by atomic mass is 19.4. The van der Waals surface area contributed by atoms with Crippen molar-refractivity contribution < 1.29 is 32.3 Å². The highest BCUT2D eigenvalue weighted by Gasteiger charge is 2.41. The molecule has 0 bridgehead atoms. The first kappa shape index (κ1) is 20.0. The standard InChI is InChI=1S/C17H20F4N2O3/c1-16(2,3)12-9-22(7-8-23(12)15(25)26)14(24)10-5-4-6-11(13(10)18)17(19,20)21/h4-6,12H,7-9H2,1-3H3,(H,25,26). The first-order valence-corrected chi connectivity index (χ1v) is 7.98. The smallest absolute Gasteiger partial charge is 0.419 e. The Balaban J connectivity index is 2.33. The summed E-state index contributed by atoms with van der Waals surface area (Å²) >= 11 is 0. The SMILES string of the molecule is CC(C)(C)C1CN(C(=O)c2cccc(C(F)(F)F)c2F)CCN1C(=O)O. The molecule has 0 aliphatic carbocycles. The van der Waals surface area contributed by atoms with E-state index in [2.05, 4.69) is 0 Å². The molecule has 1 unspecified atom stereocenters. The zero-order chi connectivity index (χ0) is 19.9. The van der Waals surface area contributed by atoms with E-state index in [9.17, 15) is 32.3 Å². The van der Waals surface area contributed by atoms with Crippen molar-refractivity contribution in [3.05, 3.63) is 35.1 Å². The molecule has 0 radical (unpaired) electrons. The van der Waals surface area contributed by atoms with E-state index < -0.39 is 46.6 Å². The molecule has 1 heterocycles. The molecule has 2 rings (SSSR count). The molecule has 0 spiro atoms. The predicted octanol–water partition coefficient (Wildman–Crippen LogP) is 3.70. The van der Waals surface area contributed by atoms with E-state index in [0.717, 1.165) is 12.1 Å². The van der Waals surface area contributed by atoms with Gasteiger partial charge in [0.1, 0.15) is 5.82 Å². The van der Waals surface area contributed by atoms with Crippen molar-refractivity contribution in [3.63, 3.8) is 0 Å². The van der Waals surface area contributed by atoms with Gasteiger partial charge >= 0.3 is 12.3 Å². The molecule has 1 N–H and O–H groups in total. The third-order valence-corrected chi connectivity index (χ3v) is 4.45. The number of hydrogen-bond donors (Lipinski definition) is 1. The predicted molar refractivity (Wildman–Crippen MR) is 85.3 cm³/mol. The second-order valence-corrected chi connectivity index (χ2v) is 7.27. The lowest BCUT2D eigenvalue weighted by molar-refractivity contribution is -0.140. The Hall–Kier alpha value is -2.32. The normalized spacial score (nSPS) is 18.8. The maximum atomic E-state index is 14.2. The van der Waals surface area contributed by atoms with Gasteiger partial charge in [0.25, 0.3) is 5.91 Å². The van der Waals surface area contributed by atoms with E-state index in [0.29, 0.717) is 6.07 Å². The third kappa shape index (κ3) is 3.91. The minimum absolute atomic E-state index is 0.00356. The van der Waals surface area contributed by atoms with Crippen molar-refractivity contribution in [1.82, 2.24) is 9.80 Å². The minimum Gasteiger partial charge on any atom is -0.465 e. The van der Waals surface area contributed by atoms with E-state index in [4.69, 9.17) is 0 Å². The van der Waals surface area contributed by atoms with Gasteiger partial charge in [-0.2, -0.15) is 13.2 Å². The van der Waals surface area contributed by atoms with Gasteiger partial charge in [-0.25, -0.2) is 9.18 Å². The number of piperazine rings is 1. The molecule has 1 aliphatic heterocycles. The van der Waals surface area contributed by atoms with Crippen molar-refractivity contribution in [1.29, 1.82) is 0 Å². The van der Waals surface area contributed by atoms with Crippen LogP contribution in [0.3, 0.4) is 0 Å². The van der Waals surface area contributed by atoms with Crippen LogP contribution in [0.15, 0.2) is 18.2 Å². The number of rotatable bonds is 1. The van der Waals surface area contributed by atoms with E-state index in [1.54, 1.807) is 20.8 Å². The van der Waals surface area contributed by atoms with Gasteiger partial charge in [-0.05, 0) is 17.5 Å². The van der Waals surface area contributed by atoms with Gasteiger partial charge in [-0.3, -0.25) is 4.79 Å². The van der Waals surface area contributed by atoms with Crippen molar-refractivity contribution in [3.8, 4) is 0 Å². The maximum absolute atomic E-state index is 14.2. The summed E-state index contributed by atoms with van der Waals surface area (Å²) in [5.41, 5.74) is -2.68. The van der Waals surface area contributed by atoms with Crippen LogP contribution in [-0.4, -0.2) is 52.6 Å². The fourth-order valence-electron chi connectivity index (χ4n) is 3.02. The Morgan fingerprint density at radius 1 is 1.15 bits per heavy atom. The van der Waals surface area contributed by atoms with E-state index >= 15 is 0 Å². The summed E-state index contributed by atoms with van der Waals surface area (Å²) in [6.07, 6.45) is -6.04. The maximum Gasteiger partial charge on any atom is 0.419 e. The van der Waals surface area contributed by atoms with Gasteiger partial charge in [-0.1, -0.05) is 26.8 Å². The molecular formula is C17H20F4N2O3. The fourth-order valence-corrected chi connectivity index (χ4v) is 3.02. The van der Waals surface area contributed by atoms with Crippen molar-refractivity contribution in [2.75, 3.05) is 19.6 Å². The van der Waals surface area contributed by atoms with Gasteiger partial charge in [0.2, 0.25) is 0 Å². The summed E-state index contributed by atoms with van der Waals surface area (Å²) in [5, 5.41) is 9.32. The number of hydrogen-bond acceptors (Lipinski definition) is 2. The van der Waals surface area contributed by atoms with E-state index in [1.165, 1.54) is 9.80 Å². The number of halogens is 4. The summed E-state index contributed by atoms with van der Waals surface area (Å²) in [6, 6.07) is 2.00. The average molecular weight is 376 g/mol. The Kier molecular flexibility index (Phi) is 5.21. The molecule has 1 aromatic rings. The first-order valence-electron chi connectivity index (χ1n) is 7.98. The number of nitrogens with zero attached hydrogens (tertiary/aromatic N) is 2. The second kappa shape index (κ2) is 6.77. The topological polar surface area (TPSA) is 60.9 Å². The second-order valence-electron chi connectivity index (χ2n) is 7.27. The molecule has 26 heavy (non-hydrogen) atoms. The number of benzene rings is 1. The highest BCUT2D eigenvalue weighted by Crippen LogP contribution is 2.33. The van der Waals surface area contributed by atoms with Gasteiger partial charge in [0, 0.05) is 19.6 Å². The van der Waals surface area contributed by atoms with Gasteiger partial charge in [0.15, 0.2) is 0 Å². The quantitative estimate of drug-likeness (QED) is 0.761. The molecule has 1 fully saturated rings. The Bertz CT molecular complexity index is 713. The molecule has 1 aliphatic rings. The van der Waals surface area contributed by atoms with E-state index in [-0.39, 0.29) is 19.6 Å². The van der Waals surface area contributed by atoms with E-state index in [1.807, 2.05) is 0 Å². The van der Waals surface area contributed by atoms with Gasteiger partial charge in [-0.15, -0.1) is 0 Å². The van der Waals surface area contributed by atoms with Crippen LogP contribution in [-0.2, 0) is 6.18 Å². The van der Waals surface area contributed by atoms with Crippen LogP contribution < -0.4 is 0 Å². The summed E-state index contributed by atoms with van der Waals surface area (Å²) < 4.78 is 52.8. The van der Waals surface area contributed by atoms with Crippen LogP contribution in [0.2, 0.25) is 0 Å². The molecule has 1 saturated heterocycles. The number of alkyl halides is 3. The summed E-state index contributed by atoms with van der Waals surface area (Å²) in [5.74, 6) is -2.49. The van der Waals surface area contributed by atoms with Crippen molar-refractivity contribution in [2.45, 2.75) is 33.0 Å². The van der Waals surface area contributed by atoms with Gasteiger partial charge in [0.05, 0.1) is 17.2 Å². The lowest BCUT2D eigenvalue weighted by Crippen LogP contribution is -2.60. The molecule has 0 saturated carbocycles. The van der Waals surface area contributed by atoms with Crippen LogP contribution in [0.4, 0.5) is 22.4 Å². The van der Waals surface area contributed by atoms with Crippen molar-refractivity contribution in [2.24, 2.45) is 5.41 Å². The molecule has 5 nitrogen and oxygen atoms in total. The van der Waals surface area contributed by atoms with Gasteiger partial charge < -0.3 is 14.9 Å². The van der Waals surface area contributed by atoms with Crippen LogP contribution >= 0.6 is 0 Å². The van der Waals surface area contributed by atoms with Crippen LogP contribution in [0.25, 0.3) is 0 Å². The fraction of sp³-hybridized carbons (Fsp3) is 0.529. The summed E-state index contributed by atoms with van der Waals surface area (Å²) in [6.45, 7) is 5.35. The molecule has 1 atom stereocenters. The zero-order valence-electron chi connectivity index (χ0n) is 14.6. The minimum atomic E-state index is -4.91. The molecular weight excluding hydrogens is 356 g/mol. The number of carboxylic acid groups (broad SMARTS) is 1. The molecule has 2 amide bonds. The number of carbonyl (C=O) groups is 2. The molecule has 0 aromatic heterocycles.